The Hall–Kier alpha value is -1.55. The number of fused-ring (bicyclic) bond motifs is 1. The molecule has 4 N–H and O–H groups in total. The summed E-state index contributed by atoms with van der Waals surface area (Å²) in [6.45, 7) is 9.09. The Morgan fingerprint density at radius 1 is 1.11 bits per heavy atom. The molecule has 3 rings (SSSR count). The molecule has 102 valence electrons. The van der Waals surface area contributed by atoms with Gasteiger partial charge < -0.3 is 15.7 Å². The van der Waals surface area contributed by atoms with Crippen molar-refractivity contribution in [2.75, 3.05) is 0 Å². The Balaban J connectivity index is 1.99. The van der Waals surface area contributed by atoms with Gasteiger partial charge in [0.25, 0.3) is 0 Å². The standard InChI is InChI=1S/C15H21N3O/c1-14(2)12(15(14,3)4)11(16)8-5-6-9-10(7-8)18-13(19)17-9/h5-7,11-12H,16H2,1-4H3,(H2,17,18,19). The largest absolute Gasteiger partial charge is 0.324 e. The minimum atomic E-state index is -0.173. The van der Waals surface area contributed by atoms with Crippen molar-refractivity contribution in [1.82, 2.24) is 9.97 Å². The fraction of sp³-hybridized carbons (Fsp3) is 0.533. The first kappa shape index (κ1) is 12.5. The highest BCUT2D eigenvalue weighted by atomic mass is 16.1. The number of hydrogen-bond donors (Lipinski definition) is 3. The van der Waals surface area contributed by atoms with E-state index in [9.17, 15) is 4.79 Å². The molecule has 1 unspecified atom stereocenters. The maximum atomic E-state index is 11.3. The van der Waals surface area contributed by atoms with E-state index in [1.54, 1.807) is 0 Å². The van der Waals surface area contributed by atoms with Crippen molar-refractivity contribution < 1.29 is 0 Å². The number of rotatable bonds is 2. The van der Waals surface area contributed by atoms with Gasteiger partial charge in [0.05, 0.1) is 11.0 Å². The first-order chi connectivity index (χ1) is 8.75. The third-order valence-electron chi connectivity index (χ3n) is 5.42. The van der Waals surface area contributed by atoms with Crippen molar-refractivity contribution in [2.45, 2.75) is 33.7 Å². The summed E-state index contributed by atoms with van der Waals surface area (Å²) in [6.07, 6.45) is 0. The van der Waals surface area contributed by atoms with Crippen LogP contribution in [0.25, 0.3) is 11.0 Å². The van der Waals surface area contributed by atoms with Crippen LogP contribution in [0.1, 0.15) is 39.3 Å². The third-order valence-corrected chi connectivity index (χ3v) is 5.42. The van der Waals surface area contributed by atoms with Crippen LogP contribution in [0.3, 0.4) is 0 Å². The highest BCUT2D eigenvalue weighted by Gasteiger charge is 2.66. The zero-order valence-corrected chi connectivity index (χ0v) is 11.9. The fourth-order valence-corrected chi connectivity index (χ4v) is 3.60. The molecule has 1 atom stereocenters. The van der Waals surface area contributed by atoms with Crippen molar-refractivity contribution in [2.24, 2.45) is 22.5 Å². The molecule has 1 fully saturated rings. The van der Waals surface area contributed by atoms with Crippen LogP contribution in [-0.4, -0.2) is 9.97 Å². The Kier molecular flexibility index (Phi) is 2.31. The fourth-order valence-electron chi connectivity index (χ4n) is 3.60. The summed E-state index contributed by atoms with van der Waals surface area (Å²) in [5, 5.41) is 0. The summed E-state index contributed by atoms with van der Waals surface area (Å²) < 4.78 is 0. The van der Waals surface area contributed by atoms with E-state index in [0.717, 1.165) is 16.6 Å². The van der Waals surface area contributed by atoms with E-state index in [-0.39, 0.29) is 22.6 Å². The highest BCUT2D eigenvalue weighted by Crippen LogP contribution is 2.71. The molecule has 1 aromatic carbocycles. The van der Waals surface area contributed by atoms with Crippen LogP contribution in [0.2, 0.25) is 0 Å². The van der Waals surface area contributed by atoms with Crippen LogP contribution in [0.4, 0.5) is 0 Å². The molecule has 0 bridgehead atoms. The second-order valence-corrected chi connectivity index (χ2v) is 6.83. The summed E-state index contributed by atoms with van der Waals surface area (Å²) in [5.74, 6) is 0.461. The van der Waals surface area contributed by atoms with E-state index in [2.05, 4.69) is 37.7 Å². The van der Waals surface area contributed by atoms with E-state index >= 15 is 0 Å². The average molecular weight is 259 g/mol. The maximum Gasteiger partial charge on any atom is 0.323 e. The summed E-state index contributed by atoms with van der Waals surface area (Å²) in [5.41, 5.74) is 9.53. The van der Waals surface area contributed by atoms with Crippen LogP contribution in [0, 0.1) is 16.7 Å². The van der Waals surface area contributed by atoms with Gasteiger partial charge in [-0.2, -0.15) is 0 Å². The molecule has 1 aliphatic carbocycles. The normalized spacial score (nSPS) is 22.6. The number of imidazole rings is 1. The molecule has 0 radical (unpaired) electrons. The van der Waals surface area contributed by atoms with Gasteiger partial charge in [0.2, 0.25) is 0 Å². The average Bonchev–Trinajstić information content (AvgIpc) is 2.58. The molecule has 0 aliphatic heterocycles. The molecule has 0 saturated heterocycles. The zero-order chi connectivity index (χ0) is 14.0. The summed E-state index contributed by atoms with van der Waals surface area (Å²) in [4.78, 5) is 16.8. The molecule has 1 aromatic heterocycles. The van der Waals surface area contributed by atoms with E-state index in [1.807, 2.05) is 18.2 Å². The predicted molar refractivity (Wildman–Crippen MR) is 76.9 cm³/mol. The van der Waals surface area contributed by atoms with Crippen LogP contribution >= 0.6 is 0 Å². The monoisotopic (exact) mass is 259 g/mol. The molecule has 4 heteroatoms. The lowest BCUT2D eigenvalue weighted by Crippen LogP contribution is -2.16. The molecule has 1 saturated carbocycles. The van der Waals surface area contributed by atoms with Gasteiger partial charge in [0, 0.05) is 6.04 Å². The quantitative estimate of drug-likeness (QED) is 0.775. The summed E-state index contributed by atoms with van der Waals surface area (Å²) in [7, 11) is 0. The molecule has 1 aliphatic rings. The van der Waals surface area contributed by atoms with Crippen molar-refractivity contribution >= 4 is 11.0 Å². The second kappa shape index (κ2) is 3.51. The lowest BCUT2D eigenvalue weighted by Gasteiger charge is -2.14. The zero-order valence-electron chi connectivity index (χ0n) is 11.9. The number of aromatic amines is 2. The Labute approximate surface area is 112 Å². The highest BCUT2D eigenvalue weighted by molar-refractivity contribution is 5.75. The van der Waals surface area contributed by atoms with E-state index < -0.39 is 0 Å². The molecular formula is C15H21N3O. The summed E-state index contributed by atoms with van der Waals surface area (Å²) in [6, 6.07) is 5.93. The van der Waals surface area contributed by atoms with Gasteiger partial charge in [0.15, 0.2) is 0 Å². The number of hydrogen-bond acceptors (Lipinski definition) is 2. The van der Waals surface area contributed by atoms with Gasteiger partial charge in [-0.15, -0.1) is 0 Å². The van der Waals surface area contributed by atoms with Gasteiger partial charge in [-0.05, 0) is 34.4 Å². The van der Waals surface area contributed by atoms with Crippen LogP contribution in [-0.2, 0) is 0 Å². The van der Waals surface area contributed by atoms with Crippen LogP contribution < -0.4 is 11.4 Å². The smallest absolute Gasteiger partial charge is 0.323 e. The molecule has 19 heavy (non-hydrogen) atoms. The van der Waals surface area contributed by atoms with E-state index in [0.29, 0.717) is 5.92 Å². The van der Waals surface area contributed by atoms with Crippen LogP contribution in [0.15, 0.2) is 23.0 Å². The lowest BCUT2D eigenvalue weighted by atomic mass is 9.97. The molecular weight excluding hydrogens is 238 g/mol. The third kappa shape index (κ3) is 1.59. The summed E-state index contributed by atoms with van der Waals surface area (Å²) >= 11 is 0. The topological polar surface area (TPSA) is 74.7 Å². The van der Waals surface area contributed by atoms with Crippen molar-refractivity contribution in [3.8, 4) is 0 Å². The van der Waals surface area contributed by atoms with E-state index in [4.69, 9.17) is 5.73 Å². The first-order valence-electron chi connectivity index (χ1n) is 6.72. The second-order valence-electron chi connectivity index (χ2n) is 6.83. The van der Waals surface area contributed by atoms with Crippen molar-refractivity contribution in [3.05, 3.63) is 34.2 Å². The number of aromatic nitrogens is 2. The van der Waals surface area contributed by atoms with Crippen molar-refractivity contribution in [3.63, 3.8) is 0 Å². The SMILES string of the molecule is CC1(C)C(C(N)c2ccc3[nH]c(=O)[nH]c3c2)C1(C)C. The minimum absolute atomic E-state index is 0.00722. The number of benzene rings is 1. The molecule has 4 nitrogen and oxygen atoms in total. The van der Waals surface area contributed by atoms with Gasteiger partial charge in [0.1, 0.15) is 0 Å². The molecule has 1 heterocycles. The molecule has 0 amide bonds. The Morgan fingerprint density at radius 3 is 2.26 bits per heavy atom. The molecule has 0 spiro atoms. The Morgan fingerprint density at radius 2 is 1.68 bits per heavy atom. The van der Waals surface area contributed by atoms with E-state index in [1.165, 1.54) is 0 Å². The predicted octanol–water partition coefficient (Wildman–Crippen LogP) is 2.54. The first-order valence-corrected chi connectivity index (χ1v) is 6.72. The lowest BCUT2D eigenvalue weighted by molar-refractivity contribution is 0.457. The van der Waals surface area contributed by atoms with Gasteiger partial charge in [-0.1, -0.05) is 33.8 Å². The number of H-pyrrole nitrogens is 2. The Bertz CT molecular complexity index is 679. The molecule has 2 aromatic rings. The number of nitrogens with two attached hydrogens (primary N) is 1. The van der Waals surface area contributed by atoms with Crippen LogP contribution in [0.5, 0.6) is 0 Å². The van der Waals surface area contributed by atoms with Crippen molar-refractivity contribution in [1.29, 1.82) is 0 Å². The number of nitrogens with one attached hydrogen (secondary N) is 2. The van der Waals surface area contributed by atoms with Gasteiger partial charge in [-0.25, -0.2) is 4.79 Å². The van der Waals surface area contributed by atoms with Gasteiger partial charge in [-0.3, -0.25) is 0 Å². The minimum Gasteiger partial charge on any atom is -0.324 e. The van der Waals surface area contributed by atoms with Gasteiger partial charge >= 0.3 is 5.69 Å². The maximum absolute atomic E-state index is 11.3.